The van der Waals surface area contributed by atoms with Gasteiger partial charge in [-0.2, -0.15) is 0 Å². The summed E-state index contributed by atoms with van der Waals surface area (Å²) >= 11 is 0. The molecule has 0 bridgehead atoms. The van der Waals surface area contributed by atoms with Gasteiger partial charge >= 0.3 is 0 Å². The number of fused-ring (bicyclic) bond motifs is 1. The van der Waals surface area contributed by atoms with Crippen molar-refractivity contribution in [3.8, 4) is 22.6 Å². The van der Waals surface area contributed by atoms with Crippen molar-refractivity contribution in [1.82, 2.24) is 0 Å². The van der Waals surface area contributed by atoms with Crippen molar-refractivity contribution in [3.63, 3.8) is 0 Å². The smallest absolute Gasteiger partial charge is 0.200 e. The van der Waals surface area contributed by atoms with E-state index >= 15 is 0 Å². The summed E-state index contributed by atoms with van der Waals surface area (Å²) in [6.45, 7) is 0. The SMILES string of the molecule is COc1ccc(-[13c]2coc3[13cH]c(O)ccc3[13c]2=O)cc1. The van der Waals surface area contributed by atoms with Crippen LogP contribution in [0.15, 0.2) is 57.9 Å². The van der Waals surface area contributed by atoms with Crippen molar-refractivity contribution in [1.29, 1.82) is 0 Å². The molecule has 0 atom stereocenters. The Balaban J connectivity index is 2.18. The van der Waals surface area contributed by atoms with E-state index in [1.165, 1.54) is 18.4 Å². The van der Waals surface area contributed by atoms with Crippen molar-refractivity contribution in [2.75, 3.05) is 7.11 Å². The Hall–Kier alpha value is -2.75. The molecule has 1 N–H and O–H groups in total. The zero-order valence-corrected chi connectivity index (χ0v) is 10.8. The van der Waals surface area contributed by atoms with Crippen LogP contribution in [0.25, 0.3) is 22.1 Å². The van der Waals surface area contributed by atoms with E-state index in [1.807, 2.05) is 0 Å². The predicted molar refractivity (Wildman–Crippen MR) is 76.1 cm³/mol. The van der Waals surface area contributed by atoms with E-state index in [0.29, 0.717) is 16.5 Å². The maximum absolute atomic E-state index is 12.4. The lowest BCUT2D eigenvalue weighted by molar-refractivity contribution is 0.415. The number of phenols is 1. The lowest BCUT2D eigenvalue weighted by Crippen LogP contribution is -2.04. The van der Waals surface area contributed by atoms with Gasteiger partial charge in [0.05, 0.1) is 18.1 Å². The third-order valence-electron chi connectivity index (χ3n) is 3.16. The normalized spacial score (nSPS) is 10.7. The van der Waals surface area contributed by atoms with Gasteiger partial charge in [-0.3, -0.25) is 4.79 Å². The van der Waals surface area contributed by atoms with Crippen LogP contribution in [0.4, 0.5) is 0 Å². The molecule has 4 nitrogen and oxygen atoms in total. The zero-order valence-electron chi connectivity index (χ0n) is 10.8. The van der Waals surface area contributed by atoms with E-state index in [9.17, 15) is 9.90 Å². The van der Waals surface area contributed by atoms with Gasteiger partial charge in [-0.15, -0.1) is 0 Å². The molecule has 0 aliphatic carbocycles. The monoisotopic (exact) mass is 271 g/mol. The van der Waals surface area contributed by atoms with Gasteiger partial charge in [0.25, 0.3) is 0 Å². The first-order chi connectivity index (χ1) is 9.69. The third-order valence-corrected chi connectivity index (χ3v) is 3.16. The summed E-state index contributed by atoms with van der Waals surface area (Å²) in [5, 5.41) is 9.83. The van der Waals surface area contributed by atoms with Gasteiger partial charge in [0.1, 0.15) is 23.3 Å². The van der Waals surface area contributed by atoms with Crippen LogP contribution >= 0.6 is 0 Å². The van der Waals surface area contributed by atoms with E-state index < -0.39 is 0 Å². The van der Waals surface area contributed by atoms with E-state index in [4.69, 9.17) is 9.15 Å². The second-order valence-electron chi connectivity index (χ2n) is 4.39. The predicted octanol–water partition coefficient (Wildman–Crippen LogP) is 3.17. The summed E-state index contributed by atoms with van der Waals surface area (Å²) in [5.41, 5.74) is 1.48. The minimum Gasteiger partial charge on any atom is -0.508 e. The highest BCUT2D eigenvalue weighted by molar-refractivity contribution is 5.82. The zero-order chi connectivity index (χ0) is 14.1. The topological polar surface area (TPSA) is 59.7 Å². The number of rotatable bonds is 2. The number of hydrogen-bond donors (Lipinski definition) is 1. The van der Waals surface area contributed by atoms with Gasteiger partial charge in [0, 0.05) is 6.07 Å². The van der Waals surface area contributed by atoms with E-state index in [-0.39, 0.29) is 11.2 Å². The highest BCUT2D eigenvalue weighted by Crippen LogP contribution is 2.23. The van der Waals surface area contributed by atoms with Crippen LogP contribution in [-0.4, -0.2) is 12.2 Å². The Kier molecular flexibility index (Phi) is 2.91. The number of phenolic OH excluding ortho intramolecular Hbond substituents is 1. The van der Waals surface area contributed by atoms with Crippen LogP contribution in [0.5, 0.6) is 11.5 Å². The lowest BCUT2D eigenvalue weighted by atomic mass is 10.2. The van der Waals surface area contributed by atoms with Crippen LogP contribution in [-0.2, 0) is 0 Å². The van der Waals surface area contributed by atoms with Gasteiger partial charge < -0.3 is 14.3 Å². The molecule has 0 saturated heterocycles. The average Bonchev–Trinajstić information content (AvgIpc) is 2.48. The Morgan fingerprint density at radius 1 is 1.10 bits per heavy atom. The summed E-state index contributed by atoms with van der Waals surface area (Å²) < 4.78 is 10.5. The molecular weight excluding hydrogens is 259 g/mol. The maximum Gasteiger partial charge on any atom is 0.200 e. The van der Waals surface area contributed by atoms with Gasteiger partial charge in [0.2, 0.25) is 0 Å². The fraction of sp³-hybridized carbons (Fsp3) is 0.0625. The molecular formula is C16H12O4. The second kappa shape index (κ2) is 4.74. The summed E-state index contributed by atoms with van der Waals surface area (Å²) in [7, 11) is 1.59. The highest BCUT2D eigenvalue weighted by Gasteiger charge is 2.09. The van der Waals surface area contributed by atoms with Gasteiger partial charge in [-0.05, 0) is 29.8 Å². The summed E-state index contributed by atoms with van der Waals surface area (Å²) in [6.07, 6.45) is 1.41. The van der Waals surface area contributed by atoms with Crippen LogP contribution < -0.4 is 10.2 Å². The molecule has 0 aliphatic rings. The van der Waals surface area contributed by atoms with E-state index in [2.05, 4.69) is 0 Å². The molecule has 0 radical (unpaired) electrons. The van der Waals surface area contributed by atoms with Crippen LogP contribution in [0.1, 0.15) is 0 Å². The van der Waals surface area contributed by atoms with Gasteiger partial charge in [-0.25, -0.2) is 0 Å². The Morgan fingerprint density at radius 3 is 2.55 bits per heavy atom. The summed E-state index contributed by atoms with van der Waals surface area (Å²) in [6, 6.07) is 11.6. The van der Waals surface area contributed by atoms with E-state index in [0.717, 1.165) is 11.3 Å². The molecule has 0 saturated carbocycles. The molecule has 0 spiro atoms. The first kappa shape index (κ1) is 12.3. The van der Waals surface area contributed by atoms with E-state index in [1.54, 1.807) is 37.4 Å². The number of benzene rings is 2. The molecule has 0 aliphatic heterocycles. The highest BCUT2D eigenvalue weighted by atomic mass is 16.5. The summed E-state index contributed by atoms with van der Waals surface area (Å²) in [4.78, 5) is 12.4. The molecule has 2 aromatic carbocycles. The summed E-state index contributed by atoms with van der Waals surface area (Å²) in [5.74, 6) is 0.793. The Bertz CT molecular complexity index is 816. The molecule has 3 aromatic rings. The lowest BCUT2D eigenvalue weighted by Gasteiger charge is -2.04. The molecule has 0 unspecified atom stereocenters. The second-order valence-corrected chi connectivity index (χ2v) is 4.39. The number of hydrogen-bond acceptors (Lipinski definition) is 4. The minimum atomic E-state index is -0.128. The fourth-order valence-corrected chi connectivity index (χ4v) is 2.09. The largest absolute Gasteiger partial charge is 0.508 e. The van der Waals surface area contributed by atoms with Crippen molar-refractivity contribution in [2.45, 2.75) is 0 Å². The van der Waals surface area contributed by atoms with Crippen molar-refractivity contribution in [3.05, 3.63) is 59.0 Å². The maximum atomic E-state index is 12.4. The van der Waals surface area contributed by atoms with Crippen molar-refractivity contribution in [2.24, 2.45) is 0 Å². The van der Waals surface area contributed by atoms with Crippen LogP contribution in [0.3, 0.4) is 0 Å². The molecule has 20 heavy (non-hydrogen) atoms. The van der Waals surface area contributed by atoms with Gasteiger partial charge in [0.15, 0.2) is 5.43 Å². The van der Waals surface area contributed by atoms with Crippen molar-refractivity contribution >= 4 is 11.0 Å². The standard InChI is InChI=1S/C16H12O4/c1-19-12-5-2-10(3-6-12)14-9-20-15-8-11(17)4-7-13(15)16(14)18/h2-9,17H,1H3/i8+1,14+1,16+1. The molecule has 0 fully saturated rings. The number of methoxy groups -OCH3 is 1. The molecule has 0 amide bonds. The minimum absolute atomic E-state index is 0.0675. The molecule has 4 heteroatoms. The quantitative estimate of drug-likeness (QED) is 0.777. The molecule has 3 rings (SSSR count). The first-order valence-corrected chi connectivity index (χ1v) is 6.08. The Labute approximate surface area is 114 Å². The molecule has 1 heterocycles. The number of aromatic hydroxyl groups is 1. The fourth-order valence-electron chi connectivity index (χ4n) is 2.09. The average molecular weight is 271 g/mol. The van der Waals surface area contributed by atoms with Crippen LogP contribution in [0.2, 0.25) is 0 Å². The first-order valence-electron chi connectivity index (χ1n) is 6.08. The Morgan fingerprint density at radius 2 is 1.85 bits per heavy atom. The third kappa shape index (κ3) is 2.01. The number of ether oxygens (including phenoxy) is 1. The van der Waals surface area contributed by atoms with Crippen molar-refractivity contribution < 1.29 is 14.3 Å². The molecule has 1 aromatic heterocycles. The van der Waals surface area contributed by atoms with Gasteiger partial charge in [-0.1, -0.05) is 12.1 Å². The molecule has 100 valence electrons. The van der Waals surface area contributed by atoms with Crippen LogP contribution in [0, 0.1) is 0 Å².